The van der Waals surface area contributed by atoms with Crippen LogP contribution in [0.4, 0.5) is 10.1 Å². The van der Waals surface area contributed by atoms with Crippen LogP contribution in [0.15, 0.2) is 23.1 Å². The molecule has 0 spiro atoms. The Morgan fingerprint density at radius 2 is 1.92 bits per heavy atom. The van der Waals surface area contributed by atoms with Gasteiger partial charge in [0, 0.05) is 13.0 Å². The highest BCUT2D eigenvalue weighted by Crippen LogP contribution is 2.20. The van der Waals surface area contributed by atoms with Crippen LogP contribution in [0, 0.1) is 5.82 Å². The van der Waals surface area contributed by atoms with E-state index >= 15 is 0 Å². The Labute approximate surface area is 140 Å². The zero-order valence-corrected chi connectivity index (χ0v) is 14.6. The van der Waals surface area contributed by atoms with Crippen molar-refractivity contribution in [2.24, 2.45) is 0 Å². The van der Waals surface area contributed by atoms with Crippen LogP contribution in [-0.4, -0.2) is 40.2 Å². The quantitative estimate of drug-likeness (QED) is 0.520. The van der Waals surface area contributed by atoms with Crippen molar-refractivity contribution < 1.29 is 31.1 Å². The van der Waals surface area contributed by atoms with Gasteiger partial charge >= 0.3 is 5.97 Å². The van der Waals surface area contributed by atoms with Gasteiger partial charge in [-0.2, -0.15) is 0 Å². The molecule has 0 amide bonds. The maximum atomic E-state index is 14.0. The maximum absolute atomic E-state index is 14.0. The number of nitrogens with one attached hydrogen (secondary N) is 2. The van der Waals surface area contributed by atoms with Crippen LogP contribution < -0.4 is 9.44 Å². The third-order valence-electron chi connectivity index (χ3n) is 2.83. The van der Waals surface area contributed by atoms with Gasteiger partial charge in [0.2, 0.25) is 20.0 Å². The number of aliphatic carboxylic acids is 1. The van der Waals surface area contributed by atoms with E-state index in [4.69, 9.17) is 5.11 Å². The van der Waals surface area contributed by atoms with Gasteiger partial charge in [0.1, 0.15) is 10.7 Å². The summed E-state index contributed by atoms with van der Waals surface area (Å²) in [6.07, 6.45) is 0.221. The summed E-state index contributed by atoms with van der Waals surface area (Å²) in [4.78, 5) is 9.71. The first-order valence-electron chi connectivity index (χ1n) is 7.09. The van der Waals surface area contributed by atoms with E-state index in [2.05, 4.69) is 9.44 Å². The zero-order chi connectivity index (χ0) is 18.4. The molecule has 0 aliphatic heterocycles. The van der Waals surface area contributed by atoms with Crippen molar-refractivity contribution in [3.05, 3.63) is 24.0 Å². The second-order valence-electron chi connectivity index (χ2n) is 4.96. The number of sulfonamides is 2. The van der Waals surface area contributed by atoms with E-state index in [1.54, 1.807) is 6.92 Å². The summed E-state index contributed by atoms with van der Waals surface area (Å²) in [5.41, 5.74) is -0.0780. The van der Waals surface area contributed by atoms with Crippen molar-refractivity contribution in [1.29, 1.82) is 0 Å². The monoisotopic (exact) mass is 382 g/mol. The standard InChI is InChI=1S/C13H19FN2O6S2/c1-2-8-23(19,20)16-10-5-6-12(11(14)9-10)24(21,22)15-7-3-4-13(17)18/h5-6,9,15-16H,2-4,7-8H2,1H3,(H,17,18). The molecule has 0 aliphatic carbocycles. The van der Waals surface area contributed by atoms with Crippen LogP contribution in [0.25, 0.3) is 0 Å². The van der Waals surface area contributed by atoms with Gasteiger partial charge in [0.05, 0.1) is 11.4 Å². The molecule has 3 N–H and O–H groups in total. The molecule has 0 aromatic heterocycles. The van der Waals surface area contributed by atoms with Crippen molar-refractivity contribution in [3.63, 3.8) is 0 Å². The number of rotatable bonds is 10. The van der Waals surface area contributed by atoms with Crippen LogP contribution in [0.2, 0.25) is 0 Å². The Hall–Kier alpha value is -1.72. The lowest BCUT2D eigenvalue weighted by Gasteiger charge is -2.10. The molecule has 8 nitrogen and oxygen atoms in total. The van der Waals surface area contributed by atoms with Gasteiger partial charge in [0.15, 0.2) is 0 Å². The number of carboxylic acid groups (broad SMARTS) is 1. The molecule has 0 radical (unpaired) electrons. The van der Waals surface area contributed by atoms with E-state index in [1.165, 1.54) is 0 Å². The van der Waals surface area contributed by atoms with Crippen molar-refractivity contribution in [1.82, 2.24) is 4.72 Å². The average molecular weight is 382 g/mol. The molecule has 0 aliphatic rings. The zero-order valence-electron chi connectivity index (χ0n) is 13.0. The Kier molecular flexibility index (Phi) is 7.11. The van der Waals surface area contributed by atoms with Crippen molar-refractivity contribution >= 4 is 31.7 Å². The lowest BCUT2D eigenvalue weighted by Crippen LogP contribution is -2.26. The minimum atomic E-state index is -4.15. The van der Waals surface area contributed by atoms with Crippen LogP contribution in [0.1, 0.15) is 26.2 Å². The predicted molar refractivity (Wildman–Crippen MR) is 86.2 cm³/mol. The summed E-state index contributed by atoms with van der Waals surface area (Å²) in [5.74, 6) is -2.32. The second kappa shape index (κ2) is 8.40. The fourth-order valence-electron chi connectivity index (χ4n) is 1.81. The summed E-state index contributed by atoms with van der Waals surface area (Å²) in [7, 11) is -7.77. The minimum Gasteiger partial charge on any atom is -0.481 e. The number of carboxylic acids is 1. The van der Waals surface area contributed by atoms with E-state index < -0.39 is 36.7 Å². The summed E-state index contributed by atoms with van der Waals surface area (Å²) in [5, 5.41) is 8.47. The largest absolute Gasteiger partial charge is 0.481 e. The minimum absolute atomic E-state index is 0.0606. The Morgan fingerprint density at radius 1 is 1.25 bits per heavy atom. The molecule has 1 aromatic rings. The number of hydrogen-bond donors (Lipinski definition) is 3. The summed E-state index contributed by atoms with van der Waals surface area (Å²) >= 11 is 0. The smallest absolute Gasteiger partial charge is 0.303 e. The molecule has 0 atom stereocenters. The van der Waals surface area contributed by atoms with E-state index in [1.807, 2.05) is 0 Å². The van der Waals surface area contributed by atoms with Gasteiger partial charge in [-0.05, 0) is 31.0 Å². The highest BCUT2D eigenvalue weighted by Gasteiger charge is 2.20. The molecule has 0 heterocycles. The molecule has 11 heteroatoms. The molecular weight excluding hydrogens is 363 g/mol. The second-order valence-corrected chi connectivity index (χ2v) is 8.54. The molecule has 24 heavy (non-hydrogen) atoms. The molecule has 0 saturated heterocycles. The number of hydrogen-bond acceptors (Lipinski definition) is 5. The first-order chi connectivity index (χ1) is 11.1. The van der Waals surface area contributed by atoms with E-state index in [-0.39, 0.29) is 30.8 Å². The topological polar surface area (TPSA) is 130 Å². The Balaban J connectivity index is 2.85. The van der Waals surface area contributed by atoms with Crippen LogP contribution >= 0.6 is 0 Å². The number of benzene rings is 1. The molecule has 0 bridgehead atoms. The van der Waals surface area contributed by atoms with Gasteiger partial charge < -0.3 is 5.11 Å². The van der Waals surface area contributed by atoms with Crippen molar-refractivity contribution in [2.45, 2.75) is 31.1 Å². The van der Waals surface area contributed by atoms with Crippen LogP contribution in [0.5, 0.6) is 0 Å². The van der Waals surface area contributed by atoms with Gasteiger partial charge in [-0.25, -0.2) is 25.9 Å². The Bertz CT molecular complexity index is 793. The predicted octanol–water partition coefficient (Wildman–Crippen LogP) is 1.12. The van der Waals surface area contributed by atoms with E-state index in [0.29, 0.717) is 6.42 Å². The number of anilines is 1. The van der Waals surface area contributed by atoms with Crippen molar-refractivity contribution in [2.75, 3.05) is 17.0 Å². The Morgan fingerprint density at radius 3 is 2.46 bits per heavy atom. The first kappa shape index (κ1) is 20.3. The fraction of sp³-hybridized carbons (Fsp3) is 0.462. The van der Waals surface area contributed by atoms with Gasteiger partial charge in [-0.3, -0.25) is 9.52 Å². The van der Waals surface area contributed by atoms with Crippen molar-refractivity contribution in [3.8, 4) is 0 Å². The summed E-state index contributed by atoms with van der Waals surface area (Å²) in [6.45, 7) is 1.52. The van der Waals surface area contributed by atoms with Crippen LogP contribution in [0.3, 0.4) is 0 Å². The van der Waals surface area contributed by atoms with E-state index in [9.17, 15) is 26.0 Å². The molecular formula is C13H19FN2O6S2. The molecule has 1 rings (SSSR count). The van der Waals surface area contributed by atoms with Gasteiger partial charge in [-0.15, -0.1) is 0 Å². The number of carbonyl (C=O) groups is 1. The third-order valence-corrected chi connectivity index (χ3v) is 5.81. The number of halogens is 1. The van der Waals surface area contributed by atoms with Gasteiger partial charge in [-0.1, -0.05) is 6.92 Å². The van der Waals surface area contributed by atoms with E-state index in [0.717, 1.165) is 18.2 Å². The summed E-state index contributed by atoms with van der Waals surface area (Å²) in [6, 6.07) is 2.86. The lowest BCUT2D eigenvalue weighted by molar-refractivity contribution is -0.137. The van der Waals surface area contributed by atoms with Gasteiger partial charge in [0.25, 0.3) is 0 Å². The maximum Gasteiger partial charge on any atom is 0.303 e. The highest BCUT2D eigenvalue weighted by atomic mass is 32.2. The third kappa shape index (κ3) is 6.42. The molecule has 136 valence electrons. The highest BCUT2D eigenvalue weighted by molar-refractivity contribution is 7.92. The summed E-state index contributed by atoms with van der Waals surface area (Å²) < 4.78 is 65.4. The molecule has 0 unspecified atom stereocenters. The molecule has 1 aromatic carbocycles. The lowest BCUT2D eigenvalue weighted by atomic mass is 10.3. The van der Waals surface area contributed by atoms with Crippen LogP contribution in [-0.2, 0) is 24.8 Å². The normalized spacial score (nSPS) is 12.1. The SMILES string of the molecule is CCCS(=O)(=O)Nc1ccc(S(=O)(=O)NCCCC(=O)O)c(F)c1. The first-order valence-corrected chi connectivity index (χ1v) is 10.2. The molecule has 0 saturated carbocycles. The fourth-order valence-corrected chi connectivity index (χ4v) is 4.06. The molecule has 0 fully saturated rings. The average Bonchev–Trinajstić information content (AvgIpc) is 2.42.